The summed E-state index contributed by atoms with van der Waals surface area (Å²) in [6.45, 7) is 3.54. The molecule has 15 heavy (non-hydrogen) atoms. The van der Waals surface area contributed by atoms with Crippen LogP contribution in [0.1, 0.15) is 19.4 Å². The molecule has 0 aromatic heterocycles. The van der Waals surface area contributed by atoms with Crippen LogP contribution in [0.3, 0.4) is 0 Å². The Morgan fingerprint density at radius 3 is 2.53 bits per heavy atom. The summed E-state index contributed by atoms with van der Waals surface area (Å²) in [7, 11) is -3.56. The Morgan fingerprint density at radius 2 is 1.93 bits per heavy atom. The molecule has 5 heteroatoms. The van der Waals surface area contributed by atoms with Crippen molar-refractivity contribution in [2.24, 2.45) is 5.92 Å². The van der Waals surface area contributed by atoms with Gasteiger partial charge in [0.25, 0.3) is 0 Å². The summed E-state index contributed by atoms with van der Waals surface area (Å²) in [5.74, 6) is -0.226. The van der Waals surface area contributed by atoms with Gasteiger partial charge >= 0.3 is 0 Å². The van der Waals surface area contributed by atoms with Gasteiger partial charge in [0, 0.05) is 11.5 Å². The van der Waals surface area contributed by atoms with E-state index in [2.05, 4.69) is 4.72 Å². The lowest BCUT2D eigenvalue weighted by Gasteiger charge is -2.26. The zero-order chi connectivity index (χ0) is 11.3. The molecule has 0 spiro atoms. The summed E-state index contributed by atoms with van der Waals surface area (Å²) in [6, 6.07) is 6.49. The average molecular weight is 227 g/mol. The summed E-state index contributed by atoms with van der Waals surface area (Å²) in [5.41, 5.74) is -1.05. The van der Waals surface area contributed by atoms with Crippen LogP contribution in [0.5, 0.6) is 0 Å². The highest BCUT2D eigenvalue weighted by Crippen LogP contribution is 2.38. The van der Waals surface area contributed by atoms with Gasteiger partial charge in [-0.2, -0.15) is 4.72 Å². The van der Waals surface area contributed by atoms with E-state index in [9.17, 15) is 13.5 Å². The van der Waals surface area contributed by atoms with Crippen molar-refractivity contribution in [2.45, 2.75) is 24.5 Å². The summed E-state index contributed by atoms with van der Waals surface area (Å²) < 4.78 is 25.7. The summed E-state index contributed by atoms with van der Waals surface area (Å²) in [4.78, 5) is 0.168. The van der Waals surface area contributed by atoms with Gasteiger partial charge in [-0.3, -0.25) is 0 Å². The fourth-order valence-corrected chi connectivity index (χ4v) is 3.40. The van der Waals surface area contributed by atoms with Crippen LogP contribution in [0.15, 0.2) is 29.2 Å². The number of aliphatic hydroxyl groups is 1. The maximum atomic E-state index is 11.7. The molecule has 0 aliphatic carbocycles. The summed E-state index contributed by atoms with van der Waals surface area (Å²) >= 11 is 0. The lowest BCUT2D eigenvalue weighted by Crippen LogP contribution is -2.43. The van der Waals surface area contributed by atoms with Crippen LogP contribution in [-0.4, -0.2) is 13.5 Å². The number of fused-ring (bicyclic) bond motifs is 1. The van der Waals surface area contributed by atoms with E-state index in [0.717, 1.165) is 0 Å². The van der Waals surface area contributed by atoms with E-state index >= 15 is 0 Å². The molecule has 1 aromatic rings. The molecule has 0 amide bonds. The second kappa shape index (κ2) is 3.04. The molecular formula is C10H13NO3S. The van der Waals surface area contributed by atoms with Crippen LogP contribution in [0.4, 0.5) is 0 Å². The molecule has 0 saturated heterocycles. The zero-order valence-electron chi connectivity index (χ0n) is 8.56. The minimum absolute atomic E-state index is 0.168. The van der Waals surface area contributed by atoms with Crippen molar-refractivity contribution in [1.82, 2.24) is 4.72 Å². The van der Waals surface area contributed by atoms with Gasteiger partial charge in [0.05, 0.1) is 4.90 Å². The monoisotopic (exact) mass is 227 g/mol. The van der Waals surface area contributed by atoms with Gasteiger partial charge in [-0.1, -0.05) is 32.0 Å². The Hall–Kier alpha value is -0.910. The van der Waals surface area contributed by atoms with Crippen molar-refractivity contribution in [3.8, 4) is 0 Å². The fraction of sp³-hybridized carbons (Fsp3) is 0.400. The minimum atomic E-state index is -3.56. The van der Waals surface area contributed by atoms with Crippen LogP contribution in [-0.2, 0) is 15.7 Å². The largest absolute Gasteiger partial charge is 0.370 e. The molecule has 1 aliphatic rings. The standard InChI is InChI=1S/C10H13NO3S/c1-7(2)10(12)8-5-3-4-6-9(8)15(13,14)11-10/h3-7,11-12H,1-2H3. The highest BCUT2D eigenvalue weighted by molar-refractivity contribution is 7.89. The zero-order valence-corrected chi connectivity index (χ0v) is 9.38. The van der Waals surface area contributed by atoms with Gasteiger partial charge in [-0.25, -0.2) is 8.42 Å². The summed E-state index contributed by atoms with van der Waals surface area (Å²) in [6.07, 6.45) is 0. The van der Waals surface area contributed by atoms with Crippen LogP contribution in [0.2, 0.25) is 0 Å². The van der Waals surface area contributed by atoms with Crippen LogP contribution >= 0.6 is 0 Å². The lowest BCUT2D eigenvalue weighted by molar-refractivity contribution is -0.0184. The first-order valence-corrected chi connectivity index (χ1v) is 6.22. The first-order chi connectivity index (χ1) is 6.88. The molecule has 1 unspecified atom stereocenters. The van der Waals surface area contributed by atoms with Gasteiger partial charge < -0.3 is 5.11 Å². The van der Waals surface area contributed by atoms with Crippen LogP contribution in [0, 0.1) is 5.92 Å². The quantitative estimate of drug-likeness (QED) is 0.745. The van der Waals surface area contributed by atoms with Gasteiger partial charge in [0.15, 0.2) is 5.72 Å². The first kappa shape index (κ1) is 10.6. The van der Waals surface area contributed by atoms with Crippen molar-refractivity contribution in [3.63, 3.8) is 0 Å². The molecule has 1 aromatic carbocycles. The highest BCUT2D eigenvalue weighted by Gasteiger charge is 2.46. The van der Waals surface area contributed by atoms with Crippen molar-refractivity contribution < 1.29 is 13.5 Å². The molecular weight excluding hydrogens is 214 g/mol. The molecule has 0 fully saturated rings. The number of hydrogen-bond acceptors (Lipinski definition) is 3. The molecule has 2 rings (SSSR count). The van der Waals surface area contributed by atoms with Crippen LogP contribution in [0.25, 0.3) is 0 Å². The molecule has 82 valence electrons. The van der Waals surface area contributed by atoms with E-state index in [1.807, 2.05) is 0 Å². The summed E-state index contributed by atoms with van der Waals surface area (Å²) in [5, 5.41) is 10.3. The fourth-order valence-electron chi connectivity index (χ4n) is 1.76. The SMILES string of the molecule is CC(C)C1(O)NS(=O)(=O)c2ccccc21. The second-order valence-electron chi connectivity index (χ2n) is 4.02. The van der Waals surface area contributed by atoms with E-state index in [-0.39, 0.29) is 10.8 Å². The lowest BCUT2D eigenvalue weighted by atomic mass is 9.93. The Bertz CT molecular complexity index is 495. The average Bonchev–Trinajstić information content (AvgIpc) is 2.37. The Morgan fingerprint density at radius 1 is 1.33 bits per heavy atom. The molecule has 1 heterocycles. The van der Waals surface area contributed by atoms with Gasteiger partial charge in [-0.15, -0.1) is 0 Å². The number of rotatable bonds is 1. The third-order valence-electron chi connectivity index (χ3n) is 2.71. The third kappa shape index (κ3) is 1.39. The van der Waals surface area contributed by atoms with Gasteiger partial charge in [-0.05, 0) is 6.07 Å². The van der Waals surface area contributed by atoms with Crippen molar-refractivity contribution in [1.29, 1.82) is 0 Å². The molecule has 0 saturated carbocycles. The number of hydrogen-bond donors (Lipinski definition) is 2. The number of sulfonamides is 1. The normalized spacial score (nSPS) is 28.0. The third-order valence-corrected chi connectivity index (χ3v) is 4.23. The smallest absolute Gasteiger partial charge is 0.243 e. The number of benzene rings is 1. The predicted octanol–water partition coefficient (Wildman–Crippen LogP) is 0.780. The Labute approximate surface area is 89.0 Å². The predicted molar refractivity (Wildman–Crippen MR) is 55.5 cm³/mol. The molecule has 0 radical (unpaired) electrons. The van der Waals surface area contributed by atoms with Gasteiger partial charge in [0.1, 0.15) is 0 Å². The first-order valence-electron chi connectivity index (χ1n) is 4.74. The minimum Gasteiger partial charge on any atom is -0.370 e. The molecule has 1 atom stereocenters. The maximum absolute atomic E-state index is 11.7. The van der Waals surface area contributed by atoms with E-state index in [4.69, 9.17) is 0 Å². The second-order valence-corrected chi connectivity index (χ2v) is 5.67. The van der Waals surface area contributed by atoms with Gasteiger partial charge in [0.2, 0.25) is 10.0 Å². The molecule has 4 nitrogen and oxygen atoms in total. The van der Waals surface area contributed by atoms with Crippen molar-refractivity contribution in [2.75, 3.05) is 0 Å². The highest BCUT2D eigenvalue weighted by atomic mass is 32.2. The van der Waals surface area contributed by atoms with E-state index in [1.165, 1.54) is 6.07 Å². The number of nitrogens with one attached hydrogen (secondary N) is 1. The van der Waals surface area contributed by atoms with E-state index in [1.54, 1.807) is 32.0 Å². The molecule has 0 bridgehead atoms. The van der Waals surface area contributed by atoms with E-state index < -0.39 is 15.7 Å². The van der Waals surface area contributed by atoms with E-state index in [0.29, 0.717) is 5.56 Å². The van der Waals surface area contributed by atoms with Crippen molar-refractivity contribution in [3.05, 3.63) is 29.8 Å². The maximum Gasteiger partial charge on any atom is 0.243 e. The van der Waals surface area contributed by atoms with Crippen LogP contribution < -0.4 is 4.72 Å². The van der Waals surface area contributed by atoms with Crippen molar-refractivity contribution >= 4 is 10.0 Å². The molecule has 2 N–H and O–H groups in total. The molecule has 1 aliphatic heterocycles. The topological polar surface area (TPSA) is 66.4 Å². The Balaban J connectivity index is 2.72. The Kier molecular flexibility index (Phi) is 2.15.